The van der Waals surface area contributed by atoms with Crippen LogP contribution in [0.4, 0.5) is 10.7 Å². The Labute approximate surface area is 145 Å². The van der Waals surface area contributed by atoms with Gasteiger partial charge in [0.05, 0.1) is 11.6 Å². The van der Waals surface area contributed by atoms with E-state index >= 15 is 0 Å². The number of aromatic nitrogens is 3. The molecule has 1 fully saturated rings. The summed E-state index contributed by atoms with van der Waals surface area (Å²) in [6.45, 7) is 0.219. The number of nitrogens with zero attached hydrogens (tertiary/aromatic N) is 3. The Morgan fingerprint density at radius 1 is 1.24 bits per heavy atom. The Morgan fingerprint density at radius 3 is 2.80 bits per heavy atom. The average Bonchev–Trinajstić information content (AvgIpc) is 3.09. The fourth-order valence-corrected chi connectivity index (χ4v) is 3.00. The van der Waals surface area contributed by atoms with Gasteiger partial charge in [-0.2, -0.15) is 0 Å². The number of carbonyl (C=O) groups excluding carboxylic acids is 1. The number of urea groups is 1. The van der Waals surface area contributed by atoms with Gasteiger partial charge in [-0.25, -0.2) is 19.3 Å². The first-order valence-electron chi connectivity index (χ1n) is 8.40. The number of benzene rings is 1. The van der Waals surface area contributed by atoms with Gasteiger partial charge in [-0.1, -0.05) is 31.4 Å². The molecule has 132 valence electrons. The van der Waals surface area contributed by atoms with Crippen molar-refractivity contribution in [2.24, 2.45) is 0 Å². The van der Waals surface area contributed by atoms with E-state index in [0.717, 1.165) is 12.8 Å². The molecule has 0 atom stereocenters. The van der Waals surface area contributed by atoms with Crippen LogP contribution in [0.5, 0.6) is 0 Å². The van der Waals surface area contributed by atoms with E-state index in [4.69, 9.17) is 5.11 Å². The number of aromatic carboxylic acids is 1. The zero-order chi connectivity index (χ0) is 17.6. The van der Waals surface area contributed by atoms with Crippen LogP contribution in [-0.4, -0.2) is 31.9 Å². The molecule has 0 saturated heterocycles. The Kier molecular flexibility index (Phi) is 5.27. The third-order valence-corrected chi connectivity index (χ3v) is 4.31. The molecule has 1 aromatic heterocycles. The lowest BCUT2D eigenvalue weighted by molar-refractivity contribution is 0.0696. The standard InChI is InChI=1S/C17H21N5O3/c23-15(24)13-6-4-5-12(9-13)10-18-17(25)20-16-19-11-22(21-16)14-7-2-1-3-8-14/h4-6,9,11,14H,1-3,7-8,10H2,(H,23,24)(H2,18,20,21,25). The molecule has 0 bridgehead atoms. The zero-order valence-electron chi connectivity index (χ0n) is 13.8. The minimum absolute atomic E-state index is 0.188. The van der Waals surface area contributed by atoms with Crippen LogP contribution in [0, 0.1) is 0 Å². The van der Waals surface area contributed by atoms with Gasteiger partial charge in [0.15, 0.2) is 0 Å². The first-order chi connectivity index (χ1) is 12.1. The van der Waals surface area contributed by atoms with Crippen LogP contribution in [0.3, 0.4) is 0 Å². The molecule has 3 rings (SSSR count). The van der Waals surface area contributed by atoms with E-state index in [2.05, 4.69) is 20.7 Å². The molecule has 0 aliphatic heterocycles. The second-order valence-corrected chi connectivity index (χ2v) is 6.15. The molecule has 8 nitrogen and oxygen atoms in total. The minimum Gasteiger partial charge on any atom is -0.478 e. The number of carbonyl (C=O) groups is 2. The van der Waals surface area contributed by atoms with Gasteiger partial charge >= 0.3 is 12.0 Å². The molecule has 25 heavy (non-hydrogen) atoms. The number of carboxylic acids is 1. The van der Waals surface area contributed by atoms with Gasteiger partial charge in [0.1, 0.15) is 6.33 Å². The first kappa shape index (κ1) is 16.9. The maximum atomic E-state index is 12.0. The molecule has 1 aliphatic carbocycles. The maximum Gasteiger partial charge on any atom is 0.335 e. The predicted molar refractivity (Wildman–Crippen MR) is 91.4 cm³/mol. The summed E-state index contributed by atoms with van der Waals surface area (Å²) in [5.41, 5.74) is 0.892. The summed E-state index contributed by atoms with van der Waals surface area (Å²) >= 11 is 0. The Balaban J connectivity index is 1.52. The molecule has 0 spiro atoms. The molecule has 0 unspecified atom stereocenters. The van der Waals surface area contributed by atoms with Gasteiger partial charge < -0.3 is 10.4 Å². The highest BCUT2D eigenvalue weighted by Crippen LogP contribution is 2.27. The molecule has 8 heteroatoms. The van der Waals surface area contributed by atoms with Crippen LogP contribution in [0.1, 0.15) is 54.1 Å². The molecule has 0 radical (unpaired) electrons. The lowest BCUT2D eigenvalue weighted by Gasteiger charge is -2.21. The van der Waals surface area contributed by atoms with Crippen LogP contribution in [0.15, 0.2) is 30.6 Å². The monoisotopic (exact) mass is 343 g/mol. The Hall–Kier alpha value is -2.90. The largest absolute Gasteiger partial charge is 0.478 e. The number of anilines is 1. The van der Waals surface area contributed by atoms with Crippen molar-refractivity contribution in [2.45, 2.75) is 44.7 Å². The van der Waals surface area contributed by atoms with Crippen molar-refractivity contribution in [3.05, 3.63) is 41.7 Å². The quantitative estimate of drug-likeness (QED) is 0.773. The highest BCUT2D eigenvalue weighted by atomic mass is 16.4. The van der Waals surface area contributed by atoms with E-state index in [-0.39, 0.29) is 18.1 Å². The smallest absolute Gasteiger partial charge is 0.335 e. The molecular weight excluding hydrogens is 322 g/mol. The van der Waals surface area contributed by atoms with Crippen LogP contribution in [0.25, 0.3) is 0 Å². The molecule has 2 aromatic rings. The third kappa shape index (κ3) is 4.56. The summed E-state index contributed by atoms with van der Waals surface area (Å²) in [5, 5.41) is 18.6. The summed E-state index contributed by atoms with van der Waals surface area (Å²) in [5.74, 6) is -0.730. The van der Waals surface area contributed by atoms with Crippen LogP contribution < -0.4 is 10.6 Å². The van der Waals surface area contributed by atoms with Crippen molar-refractivity contribution in [3.8, 4) is 0 Å². The number of carboxylic acid groups (broad SMARTS) is 1. The van der Waals surface area contributed by atoms with Crippen LogP contribution in [0.2, 0.25) is 0 Å². The molecule has 2 amide bonds. The highest BCUT2D eigenvalue weighted by Gasteiger charge is 2.17. The van der Waals surface area contributed by atoms with Gasteiger partial charge in [-0.3, -0.25) is 5.32 Å². The number of rotatable bonds is 5. The Bertz CT molecular complexity index is 752. The van der Waals surface area contributed by atoms with Crippen molar-refractivity contribution >= 4 is 17.9 Å². The number of hydrogen-bond acceptors (Lipinski definition) is 4. The second kappa shape index (κ2) is 7.78. The van der Waals surface area contributed by atoms with E-state index in [1.165, 1.54) is 31.4 Å². The summed E-state index contributed by atoms with van der Waals surface area (Å²) in [7, 11) is 0. The van der Waals surface area contributed by atoms with Gasteiger partial charge in [0.25, 0.3) is 0 Å². The highest BCUT2D eigenvalue weighted by molar-refractivity contribution is 5.88. The number of nitrogens with one attached hydrogen (secondary N) is 2. The van der Waals surface area contributed by atoms with Crippen molar-refractivity contribution in [1.29, 1.82) is 0 Å². The molecule has 1 heterocycles. The maximum absolute atomic E-state index is 12.0. The normalized spacial score (nSPS) is 14.9. The van der Waals surface area contributed by atoms with E-state index in [0.29, 0.717) is 11.6 Å². The van der Waals surface area contributed by atoms with Crippen molar-refractivity contribution in [3.63, 3.8) is 0 Å². The molecule has 1 aromatic carbocycles. The summed E-state index contributed by atoms with van der Waals surface area (Å²) in [6, 6.07) is 6.36. The summed E-state index contributed by atoms with van der Waals surface area (Å²) in [6.07, 6.45) is 7.50. The SMILES string of the molecule is O=C(NCc1cccc(C(=O)O)c1)Nc1ncn(C2CCCCC2)n1. The van der Waals surface area contributed by atoms with Crippen LogP contribution >= 0.6 is 0 Å². The minimum atomic E-state index is -0.997. The van der Waals surface area contributed by atoms with Crippen LogP contribution in [-0.2, 0) is 6.54 Å². The number of amides is 2. The lowest BCUT2D eigenvalue weighted by Crippen LogP contribution is -2.28. The molecule has 3 N–H and O–H groups in total. The third-order valence-electron chi connectivity index (χ3n) is 4.31. The first-order valence-corrected chi connectivity index (χ1v) is 8.40. The summed E-state index contributed by atoms with van der Waals surface area (Å²) < 4.78 is 1.82. The average molecular weight is 343 g/mol. The molecule has 1 aliphatic rings. The zero-order valence-corrected chi connectivity index (χ0v) is 13.8. The second-order valence-electron chi connectivity index (χ2n) is 6.15. The lowest BCUT2D eigenvalue weighted by atomic mass is 9.96. The van der Waals surface area contributed by atoms with E-state index < -0.39 is 12.0 Å². The molecular formula is C17H21N5O3. The van der Waals surface area contributed by atoms with Crippen molar-refractivity contribution < 1.29 is 14.7 Å². The Morgan fingerprint density at radius 2 is 2.04 bits per heavy atom. The van der Waals surface area contributed by atoms with E-state index in [9.17, 15) is 9.59 Å². The summed E-state index contributed by atoms with van der Waals surface area (Å²) in [4.78, 5) is 27.0. The van der Waals surface area contributed by atoms with E-state index in [1.807, 2.05) is 4.68 Å². The van der Waals surface area contributed by atoms with Gasteiger partial charge in [0.2, 0.25) is 5.95 Å². The fourth-order valence-electron chi connectivity index (χ4n) is 3.00. The van der Waals surface area contributed by atoms with Crippen molar-refractivity contribution in [2.75, 3.05) is 5.32 Å². The predicted octanol–water partition coefficient (Wildman–Crippen LogP) is 2.80. The van der Waals surface area contributed by atoms with Gasteiger partial charge in [-0.15, -0.1) is 5.10 Å². The number of hydrogen-bond donors (Lipinski definition) is 3. The van der Waals surface area contributed by atoms with E-state index in [1.54, 1.807) is 18.5 Å². The topological polar surface area (TPSA) is 109 Å². The van der Waals surface area contributed by atoms with Gasteiger partial charge in [-0.05, 0) is 30.5 Å². The van der Waals surface area contributed by atoms with Crippen molar-refractivity contribution in [1.82, 2.24) is 20.1 Å². The molecule has 1 saturated carbocycles. The van der Waals surface area contributed by atoms with Gasteiger partial charge in [0, 0.05) is 6.54 Å². The fraction of sp³-hybridized carbons (Fsp3) is 0.412.